The standard InChI is InChI=1S/C42H61N3/c1-25(2)33-22-38(30(11)12)40(39(23-33)31(13)14)32(15)24-45(42-36(28(7)8)20-17-21-37(42)29(9)10)44-43-41-34(26(3)4)18-16-19-35(41)27(5)6/h16-31H,1-15H3/b32-24+,44-43+. The van der Waals surface area contributed by atoms with E-state index in [9.17, 15) is 0 Å². The summed E-state index contributed by atoms with van der Waals surface area (Å²) in [7, 11) is 0. The van der Waals surface area contributed by atoms with Gasteiger partial charge in [0.1, 0.15) is 0 Å². The molecule has 3 rings (SSSR count). The van der Waals surface area contributed by atoms with Gasteiger partial charge in [0.25, 0.3) is 0 Å². The van der Waals surface area contributed by atoms with Crippen LogP contribution >= 0.6 is 0 Å². The monoisotopic (exact) mass is 607 g/mol. The van der Waals surface area contributed by atoms with Crippen LogP contribution in [0.2, 0.25) is 0 Å². The SMILES string of the molecule is C/C(=C\N(/N=N/c1c(C(C)C)cccc1C(C)C)c1c(C(C)C)cccc1C(C)C)c1c(C(C)C)cc(C(C)C)cc1C(C)C. The van der Waals surface area contributed by atoms with E-state index in [0.29, 0.717) is 41.4 Å². The summed E-state index contributed by atoms with van der Waals surface area (Å²) in [6, 6.07) is 18.2. The fourth-order valence-electron chi connectivity index (χ4n) is 6.29. The number of benzene rings is 3. The highest BCUT2D eigenvalue weighted by atomic mass is 15.5. The van der Waals surface area contributed by atoms with Crippen LogP contribution in [0.15, 0.2) is 65.1 Å². The maximum Gasteiger partial charge on any atom is 0.0943 e. The number of hydrogen-bond acceptors (Lipinski definition) is 2. The van der Waals surface area contributed by atoms with Crippen molar-refractivity contribution in [2.24, 2.45) is 10.3 Å². The van der Waals surface area contributed by atoms with E-state index in [1.54, 1.807) is 0 Å². The van der Waals surface area contributed by atoms with Crippen molar-refractivity contribution < 1.29 is 0 Å². The molecule has 0 aromatic heterocycles. The van der Waals surface area contributed by atoms with Crippen molar-refractivity contribution in [3.05, 3.63) is 99.2 Å². The van der Waals surface area contributed by atoms with Crippen LogP contribution in [-0.4, -0.2) is 0 Å². The van der Waals surface area contributed by atoms with Crippen LogP contribution in [0.1, 0.15) is 190 Å². The lowest BCUT2D eigenvalue weighted by molar-refractivity contribution is 0.796. The van der Waals surface area contributed by atoms with Crippen LogP contribution in [0, 0.1) is 0 Å². The second-order valence-corrected chi connectivity index (χ2v) is 15.1. The minimum Gasteiger partial charge on any atom is -0.222 e. The zero-order valence-electron chi connectivity index (χ0n) is 31.1. The van der Waals surface area contributed by atoms with Crippen molar-refractivity contribution in [1.82, 2.24) is 0 Å². The molecule has 45 heavy (non-hydrogen) atoms. The molecule has 0 saturated heterocycles. The fourth-order valence-corrected chi connectivity index (χ4v) is 6.29. The highest BCUT2D eigenvalue weighted by Crippen LogP contribution is 2.41. The van der Waals surface area contributed by atoms with Crippen molar-refractivity contribution in [3.63, 3.8) is 0 Å². The highest BCUT2D eigenvalue weighted by molar-refractivity contribution is 5.75. The molecule has 0 aliphatic carbocycles. The number of allylic oxidation sites excluding steroid dienone is 1. The lowest BCUT2D eigenvalue weighted by atomic mass is 9.82. The van der Waals surface area contributed by atoms with E-state index in [0.717, 1.165) is 11.4 Å². The van der Waals surface area contributed by atoms with Gasteiger partial charge in [0, 0.05) is 6.20 Å². The maximum atomic E-state index is 5.18. The van der Waals surface area contributed by atoms with Crippen molar-refractivity contribution in [1.29, 1.82) is 0 Å². The molecule has 244 valence electrons. The molecular weight excluding hydrogens is 546 g/mol. The number of para-hydroxylation sites is 1. The predicted molar refractivity (Wildman–Crippen MR) is 199 cm³/mol. The molecule has 3 aromatic rings. The molecule has 0 N–H and O–H groups in total. The number of anilines is 1. The van der Waals surface area contributed by atoms with Gasteiger partial charge in [0.05, 0.1) is 11.4 Å². The van der Waals surface area contributed by atoms with Crippen molar-refractivity contribution in [2.45, 2.75) is 145 Å². The molecule has 0 unspecified atom stereocenters. The average Bonchev–Trinajstić information content (AvgIpc) is 2.97. The molecule has 3 heteroatoms. The smallest absolute Gasteiger partial charge is 0.0943 e. The van der Waals surface area contributed by atoms with Crippen LogP contribution in [0.25, 0.3) is 5.57 Å². The molecular formula is C42H61N3. The zero-order valence-corrected chi connectivity index (χ0v) is 31.1. The Balaban J connectivity index is 2.44. The largest absolute Gasteiger partial charge is 0.222 e. The Morgan fingerprint density at radius 3 is 1.27 bits per heavy atom. The number of rotatable bonds is 12. The summed E-state index contributed by atoms with van der Waals surface area (Å²) in [6.45, 7) is 34.2. The Morgan fingerprint density at radius 2 is 0.911 bits per heavy atom. The summed E-state index contributed by atoms with van der Waals surface area (Å²) >= 11 is 0. The summed E-state index contributed by atoms with van der Waals surface area (Å²) in [4.78, 5) is 0. The topological polar surface area (TPSA) is 28.0 Å². The summed E-state index contributed by atoms with van der Waals surface area (Å²) in [5.41, 5.74) is 14.0. The van der Waals surface area contributed by atoms with E-state index < -0.39 is 0 Å². The zero-order chi connectivity index (χ0) is 33.7. The van der Waals surface area contributed by atoms with Crippen molar-refractivity contribution >= 4 is 16.9 Å². The Morgan fingerprint density at radius 1 is 0.533 bits per heavy atom. The van der Waals surface area contributed by atoms with Crippen molar-refractivity contribution in [3.8, 4) is 0 Å². The molecule has 0 spiro atoms. The Kier molecular flexibility index (Phi) is 12.4. The van der Waals surface area contributed by atoms with E-state index in [2.05, 4.69) is 164 Å². The first-order valence-electron chi connectivity index (χ1n) is 17.4. The highest BCUT2D eigenvalue weighted by Gasteiger charge is 2.23. The Hall–Kier alpha value is -3.20. The van der Waals surface area contributed by atoms with Crippen LogP contribution in [0.4, 0.5) is 11.4 Å². The number of nitrogens with zero attached hydrogens (tertiary/aromatic N) is 3. The first-order chi connectivity index (χ1) is 21.1. The van der Waals surface area contributed by atoms with Gasteiger partial charge in [-0.3, -0.25) is 0 Å². The molecule has 0 radical (unpaired) electrons. The molecule has 3 aromatic carbocycles. The van der Waals surface area contributed by atoms with Gasteiger partial charge < -0.3 is 0 Å². The molecule has 0 saturated carbocycles. The average molecular weight is 608 g/mol. The lowest BCUT2D eigenvalue weighted by Crippen LogP contribution is -2.15. The van der Waals surface area contributed by atoms with Gasteiger partial charge in [0.15, 0.2) is 0 Å². The third-order valence-corrected chi connectivity index (χ3v) is 9.00. The summed E-state index contributed by atoms with van der Waals surface area (Å²) in [6.07, 6.45) is 2.26. The summed E-state index contributed by atoms with van der Waals surface area (Å²) in [5.74, 6) is 2.64. The minimum atomic E-state index is 0.335. The fraction of sp³-hybridized carbons (Fsp3) is 0.524. The van der Waals surface area contributed by atoms with Crippen LogP contribution < -0.4 is 5.01 Å². The van der Waals surface area contributed by atoms with Crippen molar-refractivity contribution in [2.75, 3.05) is 5.01 Å². The Labute approximate surface area is 276 Å². The van der Waals surface area contributed by atoms with Gasteiger partial charge in [-0.05, 0) is 98.4 Å². The van der Waals surface area contributed by atoms with Crippen LogP contribution in [0.3, 0.4) is 0 Å². The van der Waals surface area contributed by atoms with Gasteiger partial charge in [-0.1, -0.05) is 151 Å². The molecule has 3 nitrogen and oxygen atoms in total. The van der Waals surface area contributed by atoms with Gasteiger partial charge in [-0.15, -0.1) is 5.11 Å². The molecule has 0 aliphatic rings. The second kappa shape index (κ2) is 15.4. The molecule has 0 bridgehead atoms. The first-order valence-corrected chi connectivity index (χ1v) is 17.4. The molecule has 0 atom stereocenters. The van der Waals surface area contributed by atoms with Gasteiger partial charge in [-0.25, -0.2) is 5.01 Å². The van der Waals surface area contributed by atoms with Crippen LogP contribution in [-0.2, 0) is 0 Å². The predicted octanol–water partition coefficient (Wildman–Crippen LogP) is 14.1. The van der Waals surface area contributed by atoms with Gasteiger partial charge >= 0.3 is 0 Å². The lowest BCUT2D eigenvalue weighted by Gasteiger charge is -2.27. The van der Waals surface area contributed by atoms with Crippen LogP contribution in [0.5, 0.6) is 0 Å². The molecule has 0 heterocycles. The third kappa shape index (κ3) is 8.34. The maximum absolute atomic E-state index is 5.18. The first kappa shape index (κ1) is 36.3. The molecule has 0 fully saturated rings. The summed E-state index contributed by atoms with van der Waals surface area (Å²) in [5, 5.41) is 12.4. The van der Waals surface area contributed by atoms with Gasteiger partial charge in [0.2, 0.25) is 0 Å². The quantitative estimate of drug-likeness (QED) is 0.149. The molecule has 0 aliphatic heterocycles. The number of hydrogen-bond donors (Lipinski definition) is 0. The van der Waals surface area contributed by atoms with Gasteiger partial charge in [-0.2, -0.15) is 0 Å². The van der Waals surface area contributed by atoms with E-state index in [1.807, 2.05) is 0 Å². The Bertz CT molecular complexity index is 1420. The van der Waals surface area contributed by atoms with E-state index >= 15 is 0 Å². The van der Waals surface area contributed by atoms with E-state index in [1.165, 1.54) is 50.1 Å². The normalized spacial score (nSPS) is 12.9. The van der Waals surface area contributed by atoms with E-state index in [-0.39, 0.29) is 0 Å². The third-order valence-electron chi connectivity index (χ3n) is 9.00. The second-order valence-electron chi connectivity index (χ2n) is 15.1. The minimum absolute atomic E-state index is 0.335. The molecule has 0 amide bonds. The summed E-state index contributed by atoms with van der Waals surface area (Å²) < 4.78 is 0. The van der Waals surface area contributed by atoms with E-state index in [4.69, 9.17) is 10.3 Å².